The molecular weight excluding hydrogens is 195 g/mol. The molecule has 2 rings (SSSR count). The second-order valence-electron chi connectivity index (χ2n) is 4.08. The Labute approximate surface area is 88.7 Å². The third-order valence-electron chi connectivity index (χ3n) is 2.90. The zero-order chi connectivity index (χ0) is 11.1. The van der Waals surface area contributed by atoms with Crippen molar-refractivity contribution >= 4 is 0 Å². The Morgan fingerprint density at radius 1 is 1.47 bits per heavy atom. The molecule has 1 fully saturated rings. The van der Waals surface area contributed by atoms with E-state index in [2.05, 4.69) is 0 Å². The minimum atomic E-state index is -1.08. The molecule has 1 atom stereocenters. The Hall–Kier alpha value is -1.09. The summed E-state index contributed by atoms with van der Waals surface area (Å²) >= 11 is 0. The maximum Gasteiger partial charge on any atom is 0.131 e. The number of aliphatic hydroxyl groups is 1. The molecule has 82 valence electrons. The lowest BCUT2D eigenvalue weighted by atomic mass is 10.0. The molecule has 1 saturated carbocycles. The maximum absolute atomic E-state index is 13.3. The van der Waals surface area contributed by atoms with Crippen LogP contribution in [0.15, 0.2) is 18.2 Å². The van der Waals surface area contributed by atoms with Crippen molar-refractivity contribution in [2.75, 3.05) is 7.11 Å². The molecule has 1 unspecified atom stereocenters. The largest absolute Gasteiger partial charge is 0.496 e. The van der Waals surface area contributed by atoms with Gasteiger partial charge in [-0.05, 0) is 19.8 Å². The molecule has 0 saturated heterocycles. The Bertz CT molecular complexity index is 370. The van der Waals surface area contributed by atoms with Crippen LogP contribution in [0.4, 0.5) is 4.39 Å². The molecule has 1 aromatic rings. The fourth-order valence-electron chi connectivity index (χ4n) is 1.85. The van der Waals surface area contributed by atoms with Gasteiger partial charge in [0.05, 0.1) is 12.7 Å². The lowest BCUT2D eigenvalue weighted by Crippen LogP contribution is -2.08. The maximum atomic E-state index is 13.3. The molecule has 1 N–H and O–H groups in total. The highest BCUT2D eigenvalue weighted by Crippen LogP contribution is 2.50. The first kappa shape index (κ1) is 10.4. The molecule has 0 heterocycles. The van der Waals surface area contributed by atoms with Gasteiger partial charge in [0.2, 0.25) is 0 Å². The SMILES string of the molecule is COc1c(C(C)F)cccc1C1(O)CC1. The van der Waals surface area contributed by atoms with E-state index in [9.17, 15) is 9.50 Å². The lowest BCUT2D eigenvalue weighted by molar-refractivity contribution is 0.147. The minimum absolute atomic E-state index is 0.493. The summed E-state index contributed by atoms with van der Waals surface area (Å²) in [6.45, 7) is 1.47. The van der Waals surface area contributed by atoms with Crippen LogP contribution in [0.3, 0.4) is 0 Å². The molecule has 1 aliphatic carbocycles. The molecule has 3 heteroatoms. The summed E-state index contributed by atoms with van der Waals surface area (Å²) in [7, 11) is 1.51. The highest BCUT2D eigenvalue weighted by atomic mass is 19.1. The molecule has 0 aromatic heterocycles. The van der Waals surface area contributed by atoms with Gasteiger partial charge in [0.15, 0.2) is 0 Å². The average molecular weight is 210 g/mol. The smallest absolute Gasteiger partial charge is 0.131 e. The number of halogens is 1. The van der Waals surface area contributed by atoms with E-state index in [0.29, 0.717) is 16.9 Å². The van der Waals surface area contributed by atoms with Gasteiger partial charge in [0.25, 0.3) is 0 Å². The number of hydrogen-bond acceptors (Lipinski definition) is 2. The van der Waals surface area contributed by atoms with Gasteiger partial charge in [-0.2, -0.15) is 0 Å². The first-order valence-corrected chi connectivity index (χ1v) is 5.12. The predicted molar refractivity (Wildman–Crippen MR) is 55.6 cm³/mol. The summed E-state index contributed by atoms with van der Waals surface area (Å²) in [5, 5.41) is 10.0. The van der Waals surface area contributed by atoms with E-state index in [1.54, 1.807) is 18.2 Å². The number of methoxy groups -OCH3 is 1. The van der Waals surface area contributed by atoms with Crippen molar-refractivity contribution in [3.8, 4) is 5.75 Å². The van der Waals surface area contributed by atoms with Gasteiger partial charge in [0, 0.05) is 11.1 Å². The van der Waals surface area contributed by atoms with Gasteiger partial charge in [-0.15, -0.1) is 0 Å². The topological polar surface area (TPSA) is 29.5 Å². The molecular formula is C12H15FO2. The van der Waals surface area contributed by atoms with Crippen LogP contribution in [0.5, 0.6) is 5.75 Å². The molecule has 0 amide bonds. The van der Waals surface area contributed by atoms with Gasteiger partial charge in [-0.25, -0.2) is 4.39 Å². The van der Waals surface area contributed by atoms with Crippen LogP contribution in [-0.4, -0.2) is 12.2 Å². The van der Waals surface area contributed by atoms with E-state index in [1.165, 1.54) is 14.0 Å². The summed E-state index contributed by atoms with van der Waals surface area (Å²) < 4.78 is 18.5. The molecule has 0 spiro atoms. The Morgan fingerprint density at radius 3 is 2.60 bits per heavy atom. The van der Waals surface area contributed by atoms with Gasteiger partial charge in [-0.1, -0.05) is 18.2 Å². The predicted octanol–water partition coefficient (Wildman–Crippen LogP) is 2.71. The number of para-hydroxylation sites is 1. The lowest BCUT2D eigenvalue weighted by Gasteiger charge is -2.17. The van der Waals surface area contributed by atoms with E-state index in [1.807, 2.05) is 0 Å². The summed E-state index contributed by atoms with van der Waals surface area (Å²) in [5.74, 6) is 0.493. The van der Waals surface area contributed by atoms with Crippen molar-refractivity contribution in [2.24, 2.45) is 0 Å². The van der Waals surface area contributed by atoms with Crippen molar-refractivity contribution < 1.29 is 14.2 Å². The highest BCUT2D eigenvalue weighted by Gasteiger charge is 2.44. The van der Waals surface area contributed by atoms with Crippen molar-refractivity contribution in [2.45, 2.75) is 31.5 Å². The van der Waals surface area contributed by atoms with Crippen molar-refractivity contribution in [1.82, 2.24) is 0 Å². The van der Waals surface area contributed by atoms with Crippen LogP contribution >= 0.6 is 0 Å². The zero-order valence-corrected chi connectivity index (χ0v) is 8.96. The first-order chi connectivity index (χ1) is 7.08. The second-order valence-corrected chi connectivity index (χ2v) is 4.08. The van der Waals surface area contributed by atoms with Crippen LogP contribution in [0.1, 0.15) is 37.1 Å². The normalized spacial score (nSPS) is 19.7. The first-order valence-electron chi connectivity index (χ1n) is 5.12. The fourth-order valence-corrected chi connectivity index (χ4v) is 1.85. The number of hydrogen-bond donors (Lipinski definition) is 1. The number of alkyl halides is 1. The summed E-state index contributed by atoms with van der Waals surface area (Å²) in [6.07, 6.45) is 0.378. The molecule has 1 aliphatic rings. The Balaban J connectivity index is 2.50. The van der Waals surface area contributed by atoms with E-state index in [-0.39, 0.29) is 0 Å². The van der Waals surface area contributed by atoms with Crippen LogP contribution in [0, 0.1) is 0 Å². The number of ether oxygens (including phenoxy) is 1. The summed E-state index contributed by atoms with van der Waals surface area (Å²) in [6, 6.07) is 5.26. The van der Waals surface area contributed by atoms with Gasteiger partial charge in [-0.3, -0.25) is 0 Å². The van der Waals surface area contributed by atoms with Crippen molar-refractivity contribution in [1.29, 1.82) is 0 Å². The summed E-state index contributed by atoms with van der Waals surface area (Å²) in [4.78, 5) is 0. The van der Waals surface area contributed by atoms with Gasteiger partial charge < -0.3 is 9.84 Å². The van der Waals surface area contributed by atoms with Crippen LogP contribution in [0.2, 0.25) is 0 Å². The van der Waals surface area contributed by atoms with Crippen molar-refractivity contribution in [3.05, 3.63) is 29.3 Å². The van der Waals surface area contributed by atoms with E-state index < -0.39 is 11.8 Å². The van der Waals surface area contributed by atoms with Gasteiger partial charge >= 0.3 is 0 Å². The van der Waals surface area contributed by atoms with E-state index in [4.69, 9.17) is 4.74 Å². The van der Waals surface area contributed by atoms with Crippen LogP contribution < -0.4 is 4.74 Å². The van der Waals surface area contributed by atoms with E-state index >= 15 is 0 Å². The van der Waals surface area contributed by atoms with Crippen LogP contribution in [-0.2, 0) is 5.60 Å². The third-order valence-corrected chi connectivity index (χ3v) is 2.90. The second kappa shape index (κ2) is 3.49. The monoisotopic (exact) mass is 210 g/mol. The Morgan fingerprint density at radius 2 is 2.13 bits per heavy atom. The van der Waals surface area contributed by atoms with Gasteiger partial charge in [0.1, 0.15) is 11.9 Å². The zero-order valence-electron chi connectivity index (χ0n) is 8.96. The quantitative estimate of drug-likeness (QED) is 0.831. The minimum Gasteiger partial charge on any atom is -0.496 e. The Kier molecular flexibility index (Phi) is 2.43. The standard InChI is InChI=1S/C12H15FO2/c1-8(13)9-4-3-5-10(11(9)15-2)12(14)6-7-12/h3-5,8,14H,6-7H2,1-2H3. The van der Waals surface area contributed by atoms with Crippen LogP contribution in [0.25, 0.3) is 0 Å². The number of benzene rings is 1. The van der Waals surface area contributed by atoms with Crippen molar-refractivity contribution in [3.63, 3.8) is 0 Å². The summed E-state index contributed by atoms with van der Waals surface area (Å²) in [5.41, 5.74) is 0.443. The number of rotatable bonds is 3. The average Bonchev–Trinajstić information content (AvgIpc) is 2.96. The molecule has 0 aliphatic heterocycles. The molecule has 0 bridgehead atoms. The highest BCUT2D eigenvalue weighted by molar-refractivity contribution is 5.47. The molecule has 1 aromatic carbocycles. The fraction of sp³-hybridized carbons (Fsp3) is 0.500. The third kappa shape index (κ3) is 1.72. The molecule has 0 radical (unpaired) electrons. The van der Waals surface area contributed by atoms with E-state index in [0.717, 1.165) is 12.8 Å². The molecule has 15 heavy (non-hydrogen) atoms. The molecule has 2 nitrogen and oxygen atoms in total.